The van der Waals surface area contributed by atoms with Crippen molar-refractivity contribution in [2.24, 2.45) is 16.8 Å². The molecule has 0 saturated heterocycles. The van der Waals surface area contributed by atoms with Crippen molar-refractivity contribution in [3.05, 3.63) is 118 Å². The predicted octanol–water partition coefficient (Wildman–Crippen LogP) is 5.82. The van der Waals surface area contributed by atoms with Gasteiger partial charge < -0.3 is 15.1 Å². The van der Waals surface area contributed by atoms with E-state index in [1.807, 2.05) is 19.1 Å². The van der Waals surface area contributed by atoms with E-state index in [1.54, 1.807) is 42.5 Å². The van der Waals surface area contributed by atoms with Gasteiger partial charge in [-0.05, 0) is 64.7 Å². The molecule has 0 aliphatic heterocycles. The van der Waals surface area contributed by atoms with Gasteiger partial charge in [-0.15, -0.1) is 13.2 Å². The Morgan fingerprint density at radius 1 is 1.10 bits per heavy atom. The smallest absolute Gasteiger partial charge is 0.406 e. The average molecular weight is 588 g/mol. The van der Waals surface area contributed by atoms with Gasteiger partial charge in [-0.1, -0.05) is 61.5 Å². The van der Waals surface area contributed by atoms with Crippen LogP contribution in [0.3, 0.4) is 0 Å². The molecule has 0 bridgehead atoms. The Balaban J connectivity index is 1.85. The number of carbonyl (C=O) groups excluding carboxylic acids is 1. The normalized spacial score (nSPS) is 13.2. The number of nitrogens with two attached hydrogens (primary N) is 2. The van der Waals surface area contributed by atoms with Crippen LogP contribution in [0.2, 0.25) is 5.02 Å². The molecule has 7 N–H and O–H groups in total. The fourth-order valence-electron chi connectivity index (χ4n) is 3.88. The fourth-order valence-corrected chi connectivity index (χ4v) is 4.01. The molecule has 0 spiro atoms. The molecule has 3 aromatic rings. The third kappa shape index (κ3) is 9.15. The quantitative estimate of drug-likeness (QED) is 0.0594. The molecular formula is C28H29ClF3N7O2. The molecular weight excluding hydrogens is 559 g/mol. The average Bonchev–Trinajstić information content (AvgIpc) is 2.94. The Labute approximate surface area is 240 Å². The van der Waals surface area contributed by atoms with E-state index in [2.05, 4.69) is 27.2 Å². The zero-order valence-electron chi connectivity index (χ0n) is 22.0. The highest BCUT2D eigenvalue weighted by molar-refractivity contribution is 6.30. The van der Waals surface area contributed by atoms with Crippen molar-refractivity contribution < 1.29 is 22.7 Å². The van der Waals surface area contributed by atoms with Gasteiger partial charge in [0.2, 0.25) is 6.29 Å². The fraction of sp³-hybridized carbons (Fsp3) is 0.179. The molecule has 2 atom stereocenters. The number of benzene rings is 3. The second-order valence-electron chi connectivity index (χ2n) is 8.94. The molecule has 41 heavy (non-hydrogen) atoms. The lowest BCUT2D eigenvalue weighted by Gasteiger charge is -2.28. The van der Waals surface area contributed by atoms with E-state index in [0.717, 1.165) is 11.1 Å². The lowest BCUT2D eigenvalue weighted by atomic mass is 9.94. The van der Waals surface area contributed by atoms with E-state index < -0.39 is 18.6 Å². The van der Waals surface area contributed by atoms with Crippen molar-refractivity contribution in [1.82, 2.24) is 15.8 Å². The van der Waals surface area contributed by atoms with Crippen LogP contribution in [0.15, 0.2) is 96.3 Å². The Kier molecular flexibility index (Phi) is 10.6. The first-order chi connectivity index (χ1) is 19.4. The number of hydrogen-bond acceptors (Lipinski definition) is 8. The summed E-state index contributed by atoms with van der Waals surface area (Å²) >= 11 is 6.07. The van der Waals surface area contributed by atoms with Gasteiger partial charge in [0, 0.05) is 22.2 Å². The van der Waals surface area contributed by atoms with Gasteiger partial charge in [-0.2, -0.15) is 5.11 Å². The Morgan fingerprint density at radius 3 is 2.22 bits per heavy atom. The number of amides is 1. The summed E-state index contributed by atoms with van der Waals surface area (Å²) in [6.07, 6.45) is -4.07. The maximum absolute atomic E-state index is 12.5. The summed E-state index contributed by atoms with van der Waals surface area (Å²) in [5.41, 5.74) is 13.0. The van der Waals surface area contributed by atoms with Gasteiger partial charge >= 0.3 is 6.36 Å². The van der Waals surface area contributed by atoms with Crippen LogP contribution in [-0.4, -0.2) is 23.6 Å². The first kappa shape index (κ1) is 31.3. The van der Waals surface area contributed by atoms with Crippen molar-refractivity contribution >= 4 is 23.1 Å². The molecule has 1 amide bonds. The highest BCUT2D eigenvalue weighted by Gasteiger charge is 2.31. The van der Waals surface area contributed by atoms with Crippen LogP contribution in [-0.2, 0) is 6.54 Å². The molecule has 0 fully saturated rings. The number of nitrogens with one attached hydrogen (secondary N) is 3. The van der Waals surface area contributed by atoms with Gasteiger partial charge in [0.15, 0.2) is 0 Å². The highest BCUT2D eigenvalue weighted by Crippen LogP contribution is 2.31. The molecule has 9 nitrogen and oxygen atoms in total. The van der Waals surface area contributed by atoms with Crippen molar-refractivity contribution in [1.29, 1.82) is 5.53 Å². The molecule has 216 valence electrons. The molecule has 0 saturated carbocycles. The first-order valence-electron chi connectivity index (χ1n) is 12.2. The van der Waals surface area contributed by atoms with Crippen LogP contribution in [0, 0.1) is 5.53 Å². The summed E-state index contributed by atoms with van der Waals surface area (Å²) in [6.45, 7) is 6.30. The lowest BCUT2D eigenvalue weighted by Crippen LogP contribution is -2.47. The van der Waals surface area contributed by atoms with Crippen molar-refractivity contribution in [3.8, 4) is 5.75 Å². The maximum atomic E-state index is 12.5. The number of carbonyl (C=O) groups is 1. The molecule has 3 aromatic carbocycles. The summed E-state index contributed by atoms with van der Waals surface area (Å²) in [7, 11) is 0. The number of hydrazine groups is 2. The third-order valence-electron chi connectivity index (χ3n) is 6.05. The number of halogens is 4. The van der Waals surface area contributed by atoms with Crippen LogP contribution < -0.4 is 27.2 Å². The second kappa shape index (κ2) is 13.9. The van der Waals surface area contributed by atoms with E-state index in [1.165, 1.54) is 29.3 Å². The van der Waals surface area contributed by atoms with Crippen LogP contribution in [0.1, 0.15) is 39.9 Å². The van der Waals surface area contributed by atoms with Crippen LogP contribution in [0.25, 0.3) is 5.57 Å². The number of rotatable bonds is 12. The molecule has 0 aromatic heterocycles. The number of ether oxygens (including phenoxy) is 1. The summed E-state index contributed by atoms with van der Waals surface area (Å²) in [4.78, 5) is 12.4. The van der Waals surface area contributed by atoms with Crippen LogP contribution in [0.4, 0.5) is 13.2 Å². The van der Waals surface area contributed by atoms with E-state index in [-0.39, 0.29) is 18.2 Å². The predicted molar refractivity (Wildman–Crippen MR) is 150 cm³/mol. The topological polar surface area (TPSA) is 142 Å². The van der Waals surface area contributed by atoms with E-state index in [9.17, 15) is 18.0 Å². The molecule has 0 aliphatic carbocycles. The third-order valence-corrected chi connectivity index (χ3v) is 6.30. The van der Waals surface area contributed by atoms with E-state index >= 15 is 0 Å². The SMILES string of the molecule is C=C(/C=C(/C(C)c1ccc(Cl)cc1)N(N)Cc1ccc(C(=O)NC(N=N)NN)cc1)c1ccc(OC(F)(F)F)cc1. The van der Waals surface area contributed by atoms with Crippen LogP contribution >= 0.6 is 11.6 Å². The van der Waals surface area contributed by atoms with Gasteiger partial charge in [0.1, 0.15) is 5.75 Å². The summed E-state index contributed by atoms with van der Waals surface area (Å²) in [5, 5.41) is 7.70. The molecule has 0 heterocycles. The zero-order valence-corrected chi connectivity index (χ0v) is 22.7. The monoisotopic (exact) mass is 587 g/mol. The standard InChI is InChI=1S/C28H29ClF3N7O2/c1-17(20-9-13-24(14-10-20)41-28(30,31)32)15-25(18(2)21-7-11-23(29)12-8-21)39(35)16-19-3-5-22(6-4-19)26(40)36-27(37-33)38-34/h3-15,18,27,33,38H,1,16,34-35H2,2H3,(H,36,40)/b25-15-,37-33?. The molecule has 13 heteroatoms. The number of hydrogen-bond donors (Lipinski definition) is 5. The summed E-state index contributed by atoms with van der Waals surface area (Å²) in [6, 6.07) is 19.3. The highest BCUT2D eigenvalue weighted by atomic mass is 35.5. The molecule has 2 unspecified atom stereocenters. The van der Waals surface area contributed by atoms with Gasteiger partial charge in [-0.25, -0.2) is 16.8 Å². The number of nitrogens with zero attached hydrogens (tertiary/aromatic N) is 2. The minimum atomic E-state index is -4.79. The zero-order chi connectivity index (χ0) is 30.2. The minimum Gasteiger partial charge on any atom is -0.406 e. The van der Waals surface area contributed by atoms with Gasteiger partial charge in [0.25, 0.3) is 5.91 Å². The van der Waals surface area contributed by atoms with E-state index in [4.69, 9.17) is 28.8 Å². The van der Waals surface area contributed by atoms with Crippen molar-refractivity contribution in [3.63, 3.8) is 0 Å². The minimum absolute atomic E-state index is 0.221. The Morgan fingerprint density at radius 2 is 1.68 bits per heavy atom. The summed E-state index contributed by atoms with van der Waals surface area (Å²) < 4.78 is 41.6. The molecule has 0 radical (unpaired) electrons. The second-order valence-corrected chi connectivity index (χ2v) is 9.37. The van der Waals surface area contributed by atoms with Crippen molar-refractivity contribution in [2.75, 3.05) is 0 Å². The Hall–Kier alpha value is -4.23. The van der Waals surface area contributed by atoms with Gasteiger partial charge in [0.05, 0.1) is 6.54 Å². The van der Waals surface area contributed by atoms with Crippen molar-refractivity contribution in [2.45, 2.75) is 32.0 Å². The maximum Gasteiger partial charge on any atom is 0.573 e. The Bertz CT molecular complexity index is 1380. The molecule has 3 rings (SSSR count). The first-order valence-corrected chi connectivity index (χ1v) is 12.5. The summed E-state index contributed by atoms with van der Waals surface area (Å²) in [5.74, 6) is 10.8. The van der Waals surface area contributed by atoms with Gasteiger partial charge in [-0.3, -0.25) is 10.6 Å². The van der Waals surface area contributed by atoms with Crippen LogP contribution in [0.5, 0.6) is 5.75 Å². The number of alkyl halides is 3. The number of allylic oxidation sites excluding steroid dienone is 3. The largest absolute Gasteiger partial charge is 0.573 e. The lowest BCUT2D eigenvalue weighted by molar-refractivity contribution is -0.274. The van der Waals surface area contributed by atoms with E-state index in [0.29, 0.717) is 27.4 Å². The molecule has 0 aliphatic rings.